The molecule has 4 aromatic rings. The van der Waals surface area contributed by atoms with Crippen LogP contribution in [0.5, 0.6) is 0 Å². The van der Waals surface area contributed by atoms with Gasteiger partial charge >= 0.3 is 12.2 Å². The predicted molar refractivity (Wildman–Crippen MR) is 222 cm³/mol. The van der Waals surface area contributed by atoms with Gasteiger partial charge in [0.05, 0.1) is 19.6 Å². The zero-order valence-electron chi connectivity index (χ0n) is 33.9. The van der Waals surface area contributed by atoms with Crippen molar-refractivity contribution in [3.05, 3.63) is 129 Å². The molecule has 0 saturated carbocycles. The Balaban J connectivity index is 1.09. The molecular formula is C48H52N6O4. The Labute approximate surface area is 340 Å². The van der Waals surface area contributed by atoms with Crippen LogP contribution in [0.1, 0.15) is 70.2 Å². The lowest BCUT2D eigenvalue weighted by Crippen LogP contribution is -2.59. The first-order valence-corrected chi connectivity index (χ1v) is 21.3. The molecule has 10 nitrogen and oxygen atoms in total. The van der Waals surface area contributed by atoms with Crippen LogP contribution in [0.25, 0.3) is 0 Å². The number of ether oxygens (including phenoxy) is 2. The first kappa shape index (κ1) is 34.9. The number of carbonyl (C=O) groups is 2. The summed E-state index contributed by atoms with van der Waals surface area (Å²) in [6.07, 6.45) is 4.51. The number of carbonyl (C=O) groups excluding carboxylic acids is 2. The number of likely N-dealkylation sites (tertiary alicyclic amines) is 4. The van der Waals surface area contributed by atoms with E-state index in [-0.39, 0.29) is 41.4 Å². The number of hydrogen-bond acceptors (Lipinski definition) is 8. The predicted octanol–water partition coefficient (Wildman–Crippen LogP) is 6.40. The number of likely N-dealkylation sites (N-methyl/N-ethyl adjacent to an activating group) is 2. The van der Waals surface area contributed by atoms with Crippen molar-refractivity contribution in [3.63, 3.8) is 0 Å². The molecular weight excluding hydrogens is 725 g/mol. The van der Waals surface area contributed by atoms with Gasteiger partial charge in [0, 0.05) is 52.8 Å². The van der Waals surface area contributed by atoms with E-state index < -0.39 is 10.8 Å². The lowest BCUT2D eigenvalue weighted by molar-refractivity contribution is 0.0992. The lowest BCUT2D eigenvalue weighted by atomic mass is 9.54. The largest absolute Gasteiger partial charge is 0.453 e. The fourth-order valence-electron chi connectivity index (χ4n) is 14.9. The summed E-state index contributed by atoms with van der Waals surface area (Å²) < 4.78 is 11.0. The Morgan fingerprint density at radius 3 is 1.98 bits per heavy atom. The van der Waals surface area contributed by atoms with E-state index in [0.717, 1.165) is 63.0 Å². The van der Waals surface area contributed by atoms with Gasteiger partial charge in [0.15, 0.2) is 0 Å². The summed E-state index contributed by atoms with van der Waals surface area (Å²) in [5, 5.41) is 7.90. The maximum Gasteiger partial charge on any atom is 0.411 e. The number of hydrogen-bond donors (Lipinski definition) is 2. The van der Waals surface area contributed by atoms with Crippen LogP contribution in [0.4, 0.5) is 21.0 Å². The van der Waals surface area contributed by atoms with Crippen molar-refractivity contribution in [1.82, 2.24) is 19.6 Å². The molecule has 2 N–H and O–H groups in total. The second-order valence-electron chi connectivity index (χ2n) is 18.5. The third-order valence-corrected chi connectivity index (χ3v) is 17.0. The number of para-hydroxylation sites is 2. The third kappa shape index (κ3) is 3.84. The molecule has 6 aliphatic heterocycles. The minimum absolute atomic E-state index is 0.0517. The van der Waals surface area contributed by atoms with E-state index in [1.165, 1.54) is 58.7 Å². The molecule has 4 aromatic carbocycles. The zero-order valence-corrected chi connectivity index (χ0v) is 33.9. The van der Waals surface area contributed by atoms with E-state index in [9.17, 15) is 9.59 Å². The van der Waals surface area contributed by atoms with Crippen molar-refractivity contribution in [2.45, 2.75) is 84.6 Å². The number of benzene rings is 4. The quantitative estimate of drug-likeness (QED) is 0.247. The first-order valence-electron chi connectivity index (χ1n) is 21.3. The minimum atomic E-state index is -0.526. The molecule has 0 spiro atoms. The van der Waals surface area contributed by atoms with Crippen molar-refractivity contribution in [3.8, 4) is 0 Å². The van der Waals surface area contributed by atoms with Gasteiger partial charge in [0.25, 0.3) is 0 Å². The van der Waals surface area contributed by atoms with E-state index >= 15 is 0 Å². The fourth-order valence-corrected chi connectivity index (χ4v) is 14.9. The fraction of sp³-hybridized carbons (Fsp3) is 0.458. The molecule has 58 heavy (non-hydrogen) atoms. The van der Waals surface area contributed by atoms with Crippen LogP contribution in [0.3, 0.4) is 0 Å². The molecule has 0 bridgehead atoms. The Hall–Kier alpha value is -5.06. The van der Waals surface area contributed by atoms with Gasteiger partial charge in [0.1, 0.15) is 12.3 Å². The lowest BCUT2D eigenvalue weighted by Gasteiger charge is -2.49. The van der Waals surface area contributed by atoms with Gasteiger partial charge in [0.2, 0.25) is 0 Å². The normalized spacial score (nSPS) is 34.7. The average Bonchev–Trinajstić information content (AvgIpc) is 4.12. The van der Waals surface area contributed by atoms with Gasteiger partial charge in [-0.3, -0.25) is 9.80 Å². The van der Waals surface area contributed by atoms with Gasteiger partial charge < -0.3 is 29.9 Å². The van der Waals surface area contributed by atoms with Gasteiger partial charge in [-0.1, -0.05) is 78.9 Å². The molecule has 6 heterocycles. The first-order chi connectivity index (χ1) is 28.3. The Morgan fingerprint density at radius 1 is 0.569 bits per heavy atom. The highest BCUT2D eigenvalue weighted by Crippen LogP contribution is 2.69. The maximum absolute atomic E-state index is 14.0. The van der Waals surface area contributed by atoms with Crippen LogP contribution in [0.15, 0.2) is 84.9 Å². The number of rotatable bonds is 3. The van der Waals surface area contributed by atoms with Crippen LogP contribution < -0.4 is 10.6 Å². The molecule has 4 fully saturated rings. The number of methoxy groups -OCH3 is 2. The van der Waals surface area contributed by atoms with Crippen molar-refractivity contribution < 1.29 is 19.1 Å². The van der Waals surface area contributed by atoms with Crippen molar-refractivity contribution in [2.75, 3.05) is 65.1 Å². The number of nitrogens with one attached hydrogen (secondary N) is 2. The summed E-state index contributed by atoms with van der Waals surface area (Å²) in [5.41, 5.74) is 12.0. The molecule has 298 valence electrons. The summed E-state index contributed by atoms with van der Waals surface area (Å²) in [7, 11) is 7.63. The van der Waals surface area contributed by atoms with Crippen LogP contribution >= 0.6 is 0 Å². The van der Waals surface area contributed by atoms with E-state index in [0.29, 0.717) is 19.1 Å². The van der Waals surface area contributed by atoms with Crippen LogP contribution in [0.2, 0.25) is 0 Å². The number of anilines is 2. The molecule has 8 atom stereocenters. The Kier molecular flexibility index (Phi) is 7.10. The maximum atomic E-state index is 14.0. The topological polar surface area (TPSA) is 89.6 Å². The van der Waals surface area contributed by atoms with E-state index in [1.54, 1.807) is 0 Å². The minimum Gasteiger partial charge on any atom is -0.453 e. The molecule has 0 radical (unpaired) electrons. The summed E-state index contributed by atoms with van der Waals surface area (Å²) in [6, 6.07) is 32.6. The van der Waals surface area contributed by atoms with E-state index in [2.05, 4.69) is 119 Å². The molecule has 2 amide bonds. The second-order valence-corrected chi connectivity index (χ2v) is 18.5. The van der Waals surface area contributed by atoms with Gasteiger partial charge in [-0.05, 0) is 116 Å². The van der Waals surface area contributed by atoms with Gasteiger partial charge in [-0.15, -0.1) is 0 Å². The van der Waals surface area contributed by atoms with Gasteiger partial charge in [-0.2, -0.15) is 0 Å². The summed E-state index contributed by atoms with van der Waals surface area (Å²) in [6.45, 7) is 3.26. The molecule has 4 saturated heterocycles. The van der Waals surface area contributed by atoms with Crippen molar-refractivity contribution in [1.29, 1.82) is 0 Å². The average molecular weight is 777 g/mol. The smallest absolute Gasteiger partial charge is 0.411 e. The summed E-state index contributed by atoms with van der Waals surface area (Å²) in [4.78, 5) is 36.4. The SMILES string of the molecule is COC(=O)N1CCC2(c3cccc4c3NC3N(C(=O)OC)CCC43C34CCN(C)C3Cc3c(C56CCN(C)C5Cc5ccccc56)cccc34)c3ccccc3NC12. The molecule has 8 aliphatic rings. The summed E-state index contributed by atoms with van der Waals surface area (Å²) >= 11 is 0. The number of nitrogens with zero attached hydrogens (tertiary/aromatic N) is 4. The zero-order chi connectivity index (χ0) is 39.3. The van der Waals surface area contributed by atoms with E-state index in [1.807, 2.05) is 9.80 Å². The van der Waals surface area contributed by atoms with Crippen LogP contribution in [0, 0.1) is 0 Å². The van der Waals surface area contributed by atoms with Gasteiger partial charge in [-0.25, -0.2) is 9.59 Å². The molecule has 10 heteroatoms. The van der Waals surface area contributed by atoms with Crippen molar-refractivity contribution >= 4 is 23.6 Å². The van der Waals surface area contributed by atoms with E-state index in [4.69, 9.17) is 9.47 Å². The number of amides is 2. The van der Waals surface area contributed by atoms with Crippen molar-refractivity contribution in [2.24, 2.45) is 0 Å². The van der Waals surface area contributed by atoms with Crippen LogP contribution in [-0.2, 0) is 44.0 Å². The Morgan fingerprint density at radius 2 is 1.17 bits per heavy atom. The molecule has 2 aliphatic carbocycles. The highest BCUT2D eigenvalue weighted by Gasteiger charge is 2.73. The molecule has 8 unspecified atom stereocenters. The van der Waals surface area contributed by atoms with Crippen LogP contribution in [-0.4, -0.2) is 111 Å². The summed E-state index contributed by atoms with van der Waals surface area (Å²) in [5.74, 6) is 0. The number of fused-ring (bicyclic) bond motifs is 13. The Bertz CT molecular complexity index is 2440. The standard InChI is InChI=1S/C48H52N6O4/c1-51-23-19-45(31-12-6-5-11-29(31)27-38(45)51)32-14-9-15-33-30(32)28-39-47(33,21-24-52(39)2)48-22-26-54(44(56)58-4)42(48)50-40-35(16-10-17-36(40)48)46-20-25-53(43(55)57-3)41(46)49-37-18-8-7-13-34(37)46/h5-18,38-39,41-42,49-50H,19-28H2,1-4H3. The third-order valence-electron chi connectivity index (χ3n) is 17.0. The molecule has 0 aromatic heterocycles. The molecule has 12 rings (SSSR count). The highest BCUT2D eigenvalue weighted by atomic mass is 16.5. The highest BCUT2D eigenvalue weighted by molar-refractivity contribution is 5.82. The second kappa shape index (κ2) is 11.8. The monoisotopic (exact) mass is 776 g/mol.